The van der Waals surface area contributed by atoms with Crippen molar-refractivity contribution in [3.63, 3.8) is 0 Å². The van der Waals surface area contributed by atoms with E-state index in [0.29, 0.717) is 23.0 Å². The molecule has 0 saturated heterocycles. The number of alkyl halides is 1. The standard InChI is InChI=1S/C7H8BrNO3/c8-4-7(10)5-1-2-6(3-5)9-12-11/h1-2,9,11H,3-4H2. The Morgan fingerprint density at radius 2 is 2.50 bits per heavy atom. The number of hydrogen-bond donors (Lipinski definition) is 2. The summed E-state index contributed by atoms with van der Waals surface area (Å²) in [6, 6.07) is 0. The van der Waals surface area contributed by atoms with Gasteiger partial charge in [0, 0.05) is 17.7 Å². The molecule has 66 valence electrons. The maximum Gasteiger partial charge on any atom is 0.169 e. The van der Waals surface area contributed by atoms with Crippen LogP contribution in [0.15, 0.2) is 23.4 Å². The monoisotopic (exact) mass is 233 g/mol. The Labute approximate surface area is 77.9 Å². The number of halogens is 1. The zero-order chi connectivity index (χ0) is 8.97. The topological polar surface area (TPSA) is 58.6 Å². The van der Waals surface area contributed by atoms with Gasteiger partial charge < -0.3 is 0 Å². The number of rotatable bonds is 4. The average molecular weight is 234 g/mol. The lowest BCUT2D eigenvalue weighted by atomic mass is 10.1. The summed E-state index contributed by atoms with van der Waals surface area (Å²) in [6.45, 7) is 0. The van der Waals surface area contributed by atoms with E-state index in [4.69, 9.17) is 5.26 Å². The number of carbonyl (C=O) groups is 1. The van der Waals surface area contributed by atoms with E-state index < -0.39 is 0 Å². The van der Waals surface area contributed by atoms with Crippen molar-refractivity contribution in [1.82, 2.24) is 5.48 Å². The van der Waals surface area contributed by atoms with Gasteiger partial charge in [0.2, 0.25) is 0 Å². The van der Waals surface area contributed by atoms with Crippen LogP contribution in [0.25, 0.3) is 0 Å². The fraction of sp³-hybridized carbons (Fsp3) is 0.286. The van der Waals surface area contributed by atoms with E-state index >= 15 is 0 Å². The third kappa shape index (κ3) is 2.17. The molecule has 0 heterocycles. The average Bonchev–Trinajstić information content (AvgIpc) is 2.52. The van der Waals surface area contributed by atoms with Gasteiger partial charge in [0.25, 0.3) is 0 Å². The van der Waals surface area contributed by atoms with Crippen LogP contribution in [0, 0.1) is 0 Å². The van der Waals surface area contributed by atoms with Crippen molar-refractivity contribution in [1.29, 1.82) is 0 Å². The first-order valence-corrected chi connectivity index (χ1v) is 4.45. The molecule has 4 nitrogen and oxygen atoms in total. The summed E-state index contributed by atoms with van der Waals surface area (Å²) in [5, 5.41) is 8.36. The van der Waals surface area contributed by atoms with Crippen LogP contribution in [0.5, 0.6) is 0 Å². The second kappa shape index (κ2) is 4.39. The molecule has 0 unspecified atom stereocenters. The van der Waals surface area contributed by atoms with Crippen LogP contribution >= 0.6 is 15.9 Å². The largest absolute Gasteiger partial charge is 0.294 e. The molecule has 1 rings (SSSR count). The van der Waals surface area contributed by atoms with Gasteiger partial charge in [-0.25, -0.2) is 10.7 Å². The first kappa shape index (κ1) is 9.44. The minimum Gasteiger partial charge on any atom is -0.294 e. The fourth-order valence-corrected chi connectivity index (χ4v) is 1.29. The Bertz CT molecular complexity index is 247. The molecule has 5 heteroatoms. The first-order valence-electron chi connectivity index (χ1n) is 3.33. The summed E-state index contributed by atoms with van der Waals surface area (Å²) >= 11 is 3.07. The van der Waals surface area contributed by atoms with Crippen molar-refractivity contribution in [2.24, 2.45) is 0 Å². The zero-order valence-corrected chi connectivity index (χ0v) is 7.80. The van der Waals surface area contributed by atoms with E-state index in [2.05, 4.69) is 26.4 Å². The van der Waals surface area contributed by atoms with Gasteiger partial charge in [0.05, 0.1) is 5.33 Å². The molecule has 1 aliphatic rings. The van der Waals surface area contributed by atoms with Crippen LogP contribution in [0.3, 0.4) is 0 Å². The summed E-state index contributed by atoms with van der Waals surface area (Å²) in [5.74, 6) is 0.0426. The summed E-state index contributed by atoms with van der Waals surface area (Å²) in [4.78, 5) is 14.8. The quantitative estimate of drug-likeness (QED) is 0.435. The highest BCUT2D eigenvalue weighted by molar-refractivity contribution is 9.09. The maximum absolute atomic E-state index is 11.1. The van der Waals surface area contributed by atoms with Gasteiger partial charge in [-0.3, -0.25) is 4.79 Å². The Morgan fingerprint density at radius 1 is 1.75 bits per heavy atom. The van der Waals surface area contributed by atoms with Crippen molar-refractivity contribution < 1.29 is 15.0 Å². The lowest BCUT2D eigenvalue weighted by Gasteiger charge is -2.02. The number of nitrogens with one attached hydrogen (secondary N) is 1. The van der Waals surface area contributed by atoms with Crippen LogP contribution in [0.2, 0.25) is 0 Å². The van der Waals surface area contributed by atoms with E-state index in [9.17, 15) is 4.79 Å². The molecule has 0 saturated carbocycles. The summed E-state index contributed by atoms with van der Waals surface area (Å²) < 4.78 is 0. The van der Waals surface area contributed by atoms with Gasteiger partial charge in [0.1, 0.15) is 0 Å². The van der Waals surface area contributed by atoms with Gasteiger partial charge in [-0.05, 0) is 6.08 Å². The number of allylic oxidation sites excluding steroid dienone is 3. The van der Waals surface area contributed by atoms with Gasteiger partial charge in [0.15, 0.2) is 5.78 Å². The third-order valence-corrected chi connectivity index (χ3v) is 2.03. The molecule has 0 bridgehead atoms. The highest BCUT2D eigenvalue weighted by atomic mass is 79.9. The van der Waals surface area contributed by atoms with Crippen LogP contribution in [0.1, 0.15) is 6.42 Å². The van der Waals surface area contributed by atoms with Crippen molar-refractivity contribution >= 4 is 21.7 Å². The van der Waals surface area contributed by atoms with E-state index in [1.165, 1.54) is 0 Å². The van der Waals surface area contributed by atoms with E-state index in [0.717, 1.165) is 0 Å². The lowest BCUT2D eigenvalue weighted by molar-refractivity contribution is -0.283. The zero-order valence-electron chi connectivity index (χ0n) is 6.21. The maximum atomic E-state index is 11.1. The molecule has 0 atom stereocenters. The van der Waals surface area contributed by atoms with Crippen molar-refractivity contribution in [2.45, 2.75) is 6.42 Å². The molecule has 12 heavy (non-hydrogen) atoms. The van der Waals surface area contributed by atoms with Crippen molar-refractivity contribution in [3.05, 3.63) is 23.4 Å². The number of ketones is 1. The minimum atomic E-state index is 0.0426. The van der Waals surface area contributed by atoms with E-state index in [-0.39, 0.29) is 5.78 Å². The molecule has 2 N–H and O–H groups in total. The summed E-state index contributed by atoms with van der Waals surface area (Å²) in [6.07, 6.45) is 3.86. The molecule has 0 radical (unpaired) electrons. The summed E-state index contributed by atoms with van der Waals surface area (Å²) in [7, 11) is 0. The van der Waals surface area contributed by atoms with Crippen LogP contribution in [-0.2, 0) is 9.78 Å². The first-order chi connectivity index (χ1) is 5.77. The van der Waals surface area contributed by atoms with Crippen LogP contribution in [-0.4, -0.2) is 16.4 Å². The van der Waals surface area contributed by atoms with Gasteiger partial charge >= 0.3 is 0 Å². The number of carbonyl (C=O) groups excluding carboxylic acids is 1. The Morgan fingerprint density at radius 3 is 3.08 bits per heavy atom. The highest BCUT2D eigenvalue weighted by Crippen LogP contribution is 2.17. The molecule has 0 fully saturated rings. The molecule has 0 amide bonds. The van der Waals surface area contributed by atoms with Gasteiger partial charge in [-0.2, -0.15) is 0 Å². The Kier molecular flexibility index (Phi) is 3.46. The smallest absolute Gasteiger partial charge is 0.169 e. The molecule has 0 aliphatic heterocycles. The van der Waals surface area contributed by atoms with E-state index in [1.807, 2.05) is 0 Å². The number of Topliss-reactive ketones (excluding diaryl/α,β-unsaturated/α-hetero) is 1. The van der Waals surface area contributed by atoms with Crippen molar-refractivity contribution in [3.8, 4) is 0 Å². The highest BCUT2D eigenvalue weighted by Gasteiger charge is 2.14. The lowest BCUT2D eigenvalue weighted by Crippen LogP contribution is -2.12. The van der Waals surface area contributed by atoms with Crippen LogP contribution < -0.4 is 5.48 Å². The van der Waals surface area contributed by atoms with Crippen LogP contribution in [0.4, 0.5) is 0 Å². The van der Waals surface area contributed by atoms with E-state index in [1.54, 1.807) is 12.2 Å². The molecule has 0 aromatic heterocycles. The molecule has 0 aromatic carbocycles. The second-order valence-electron chi connectivity index (χ2n) is 2.31. The van der Waals surface area contributed by atoms with Crippen molar-refractivity contribution in [2.75, 3.05) is 5.33 Å². The molecule has 0 spiro atoms. The summed E-state index contributed by atoms with van der Waals surface area (Å²) in [5.41, 5.74) is 3.62. The minimum absolute atomic E-state index is 0.0426. The Balaban J connectivity index is 2.44. The van der Waals surface area contributed by atoms with Gasteiger partial charge in [-0.1, -0.05) is 22.0 Å². The fourth-order valence-electron chi connectivity index (χ4n) is 0.930. The van der Waals surface area contributed by atoms with Gasteiger partial charge in [-0.15, -0.1) is 4.99 Å². The number of hydroxylamine groups is 1. The predicted octanol–water partition coefficient (Wildman–Crippen LogP) is 1.16. The molecular formula is C7H8BrNO3. The number of hydrogen-bond acceptors (Lipinski definition) is 4. The molecule has 1 aliphatic carbocycles. The SMILES string of the molecule is O=C(CBr)C1=CC=C(NOO)C1. The Hall–Kier alpha value is -0.650. The molecular weight excluding hydrogens is 226 g/mol. The molecule has 0 aromatic rings. The predicted molar refractivity (Wildman–Crippen MR) is 46.4 cm³/mol. The second-order valence-corrected chi connectivity index (χ2v) is 2.87. The normalized spacial score (nSPS) is 15.5. The third-order valence-electron chi connectivity index (χ3n) is 1.52.